The Balaban J connectivity index is 1.66. The third-order valence-corrected chi connectivity index (χ3v) is 4.11. The van der Waals surface area contributed by atoms with Crippen molar-refractivity contribution >= 4 is 51.8 Å². The number of amides is 2. The molecule has 0 saturated heterocycles. The summed E-state index contributed by atoms with van der Waals surface area (Å²) in [5.41, 5.74) is 2.63. The van der Waals surface area contributed by atoms with Crippen LogP contribution in [0.4, 0.5) is 11.4 Å². The first-order valence-corrected chi connectivity index (χ1v) is 8.39. The maximum absolute atomic E-state index is 12.1. The summed E-state index contributed by atoms with van der Waals surface area (Å²) in [6, 6.07) is 16.8. The van der Waals surface area contributed by atoms with Crippen LogP contribution in [-0.4, -0.2) is 23.0 Å². The molecule has 0 unspecified atom stereocenters. The second-order valence-corrected chi connectivity index (χ2v) is 6.06. The predicted octanol–water partition coefficient (Wildman–Crippen LogP) is 3.49. The van der Waals surface area contributed by atoms with Crippen LogP contribution in [0.2, 0.25) is 5.02 Å². The number of carbonyl (C=O) groups excluding carboxylic acids is 2. The number of fused-ring (bicyclic) bond motifs is 1. The number of hydrogen-bond acceptors (Lipinski definition) is 5. The van der Waals surface area contributed by atoms with Gasteiger partial charge in [-0.05, 0) is 17.5 Å². The van der Waals surface area contributed by atoms with Gasteiger partial charge in [0, 0.05) is 22.7 Å². The maximum atomic E-state index is 12.1. The van der Waals surface area contributed by atoms with Gasteiger partial charge in [-0.2, -0.15) is 5.10 Å². The average Bonchev–Trinajstić information content (AvgIpc) is 2.69. The van der Waals surface area contributed by atoms with Gasteiger partial charge in [-0.15, -0.1) is 0 Å². The molecule has 28 heavy (non-hydrogen) atoms. The summed E-state index contributed by atoms with van der Waals surface area (Å²) >= 11 is 5.73. The molecule has 9 heteroatoms. The number of rotatable bonds is 4. The molecule has 8 nitrogen and oxygen atoms in total. The number of anilines is 1. The summed E-state index contributed by atoms with van der Waals surface area (Å²) in [5, 5.41) is 18.7. The molecule has 0 bridgehead atoms. The van der Waals surface area contributed by atoms with Crippen molar-refractivity contribution in [3.05, 3.63) is 81.4 Å². The molecule has 2 N–H and O–H groups in total. The number of benzene rings is 3. The molecule has 0 saturated carbocycles. The lowest BCUT2D eigenvalue weighted by atomic mass is 10.1. The fourth-order valence-electron chi connectivity index (χ4n) is 2.48. The van der Waals surface area contributed by atoms with Crippen LogP contribution in [0, 0.1) is 10.1 Å². The first-order valence-electron chi connectivity index (χ1n) is 8.02. The molecule has 0 fully saturated rings. The highest BCUT2D eigenvalue weighted by Crippen LogP contribution is 2.24. The van der Waals surface area contributed by atoms with Crippen LogP contribution < -0.4 is 10.7 Å². The van der Waals surface area contributed by atoms with Crippen molar-refractivity contribution in [1.82, 2.24) is 5.43 Å². The summed E-state index contributed by atoms with van der Waals surface area (Å²) in [6.45, 7) is 0. The third kappa shape index (κ3) is 4.30. The first-order chi connectivity index (χ1) is 13.5. The summed E-state index contributed by atoms with van der Waals surface area (Å²) in [7, 11) is 0. The molecule has 0 heterocycles. The number of carbonyl (C=O) groups is 2. The van der Waals surface area contributed by atoms with Crippen LogP contribution >= 0.6 is 11.6 Å². The van der Waals surface area contributed by atoms with Gasteiger partial charge in [-0.3, -0.25) is 19.7 Å². The molecule has 140 valence electrons. The smallest absolute Gasteiger partial charge is 0.317 e. The van der Waals surface area contributed by atoms with Crippen molar-refractivity contribution in [2.75, 3.05) is 5.32 Å². The van der Waals surface area contributed by atoms with Gasteiger partial charge in [-0.25, -0.2) is 5.43 Å². The molecule has 0 spiro atoms. The van der Waals surface area contributed by atoms with Crippen molar-refractivity contribution < 1.29 is 14.5 Å². The Kier molecular flexibility index (Phi) is 5.61. The lowest BCUT2D eigenvalue weighted by Gasteiger charge is -2.07. The van der Waals surface area contributed by atoms with E-state index >= 15 is 0 Å². The highest BCUT2D eigenvalue weighted by molar-refractivity contribution is 6.40. The van der Waals surface area contributed by atoms with E-state index in [0.29, 0.717) is 11.3 Å². The molecule has 2 amide bonds. The van der Waals surface area contributed by atoms with Gasteiger partial charge in [-0.1, -0.05) is 54.1 Å². The van der Waals surface area contributed by atoms with Gasteiger partial charge in [0.2, 0.25) is 0 Å². The summed E-state index contributed by atoms with van der Waals surface area (Å²) in [4.78, 5) is 34.3. The van der Waals surface area contributed by atoms with E-state index in [0.717, 1.165) is 10.8 Å². The lowest BCUT2D eigenvalue weighted by Crippen LogP contribution is -2.32. The zero-order chi connectivity index (χ0) is 20.1. The zero-order valence-electron chi connectivity index (χ0n) is 14.3. The van der Waals surface area contributed by atoms with Gasteiger partial charge in [0.25, 0.3) is 5.69 Å². The summed E-state index contributed by atoms with van der Waals surface area (Å²) in [5.74, 6) is -1.87. The number of nitro groups is 1. The summed E-state index contributed by atoms with van der Waals surface area (Å²) in [6.07, 6.45) is 1.17. The molecule has 0 atom stereocenters. The van der Waals surface area contributed by atoms with E-state index in [2.05, 4.69) is 15.8 Å². The first kappa shape index (κ1) is 19.0. The van der Waals surface area contributed by atoms with Crippen LogP contribution in [0.5, 0.6) is 0 Å². The maximum Gasteiger partial charge on any atom is 0.329 e. The van der Waals surface area contributed by atoms with Gasteiger partial charge in [0.15, 0.2) is 0 Å². The fourth-order valence-corrected chi connectivity index (χ4v) is 2.67. The van der Waals surface area contributed by atoms with Crippen LogP contribution in [0.15, 0.2) is 65.8 Å². The fraction of sp³-hybridized carbons (Fsp3) is 0. The number of nitrogens with one attached hydrogen (secondary N) is 2. The number of hydrazone groups is 1. The molecule has 0 aliphatic rings. The topological polar surface area (TPSA) is 114 Å². The third-order valence-electron chi connectivity index (χ3n) is 3.79. The van der Waals surface area contributed by atoms with Gasteiger partial charge in [0.05, 0.1) is 11.1 Å². The Labute approximate surface area is 164 Å². The predicted molar refractivity (Wildman–Crippen MR) is 106 cm³/mol. The second-order valence-electron chi connectivity index (χ2n) is 5.65. The monoisotopic (exact) mass is 396 g/mol. The number of nitro benzene ring substituents is 1. The molecule has 0 radical (unpaired) electrons. The zero-order valence-corrected chi connectivity index (χ0v) is 15.0. The SMILES string of the molecule is O=C(N/N=C/c1ccc(Cl)c([N+](=O)[O-])c1)C(=O)Nc1cccc2ccccc12. The van der Waals surface area contributed by atoms with E-state index in [1.165, 1.54) is 24.4 Å². The normalized spacial score (nSPS) is 10.8. The largest absolute Gasteiger partial charge is 0.329 e. The van der Waals surface area contributed by atoms with E-state index in [1.54, 1.807) is 12.1 Å². The Morgan fingerprint density at radius 2 is 1.79 bits per heavy atom. The van der Waals surface area contributed by atoms with Crippen molar-refractivity contribution in [3.8, 4) is 0 Å². The highest BCUT2D eigenvalue weighted by atomic mass is 35.5. The second kappa shape index (κ2) is 8.28. The quantitative estimate of drug-likeness (QED) is 0.304. The summed E-state index contributed by atoms with van der Waals surface area (Å²) < 4.78 is 0. The Morgan fingerprint density at radius 3 is 2.57 bits per heavy atom. The molecule has 3 aromatic carbocycles. The minimum Gasteiger partial charge on any atom is -0.317 e. The molecule has 0 aromatic heterocycles. The lowest BCUT2D eigenvalue weighted by molar-refractivity contribution is -0.384. The molecule has 3 rings (SSSR count). The van der Waals surface area contributed by atoms with E-state index in [4.69, 9.17) is 11.6 Å². The number of hydrogen-bond donors (Lipinski definition) is 2. The van der Waals surface area contributed by atoms with Crippen LogP contribution in [0.3, 0.4) is 0 Å². The minimum absolute atomic E-state index is 0.0133. The molecular weight excluding hydrogens is 384 g/mol. The van der Waals surface area contributed by atoms with Crippen molar-refractivity contribution in [2.24, 2.45) is 5.10 Å². The molecular formula is C19H13ClN4O4. The van der Waals surface area contributed by atoms with E-state index in [9.17, 15) is 19.7 Å². The molecule has 0 aliphatic carbocycles. The molecule has 0 aliphatic heterocycles. The van der Waals surface area contributed by atoms with Crippen LogP contribution in [0.1, 0.15) is 5.56 Å². The van der Waals surface area contributed by atoms with Crippen LogP contribution in [0.25, 0.3) is 10.8 Å². The number of nitrogens with zero attached hydrogens (tertiary/aromatic N) is 2. The van der Waals surface area contributed by atoms with Crippen molar-refractivity contribution in [2.45, 2.75) is 0 Å². The Morgan fingerprint density at radius 1 is 1.04 bits per heavy atom. The number of halogens is 1. The highest BCUT2D eigenvalue weighted by Gasteiger charge is 2.15. The average molecular weight is 397 g/mol. The van der Waals surface area contributed by atoms with Crippen LogP contribution in [-0.2, 0) is 9.59 Å². The van der Waals surface area contributed by atoms with E-state index in [1.807, 2.05) is 30.3 Å². The van der Waals surface area contributed by atoms with Gasteiger partial charge < -0.3 is 5.32 Å². The molecule has 3 aromatic rings. The van der Waals surface area contributed by atoms with Gasteiger partial charge >= 0.3 is 11.8 Å². The van der Waals surface area contributed by atoms with E-state index in [-0.39, 0.29) is 10.7 Å². The van der Waals surface area contributed by atoms with Gasteiger partial charge in [0.1, 0.15) is 5.02 Å². The Bertz CT molecular complexity index is 1110. The van der Waals surface area contributed by atoms with E-state index < -0.39 is 16.7 Å². The van der Waals surface area contributed by atoms with Crippen molar-refractivity contribution in [3.63, 3.8) is 0 Å². The Hall–Kier alpha value is -3.78. The standard InChI is InChI=1S/C19H13ClN4O4/c20-15-9-8-12(10-17(15)24(27)28)11-21-23-19(26)18(25)22-16-7-3-5-13-4-1-2-6-14(13)16/h1-11H,(H,22,25)(H,23,26)/b21-11+. The minimum atomic E-state index is -0.979. The van der Waals surface area contributed by atoms with Crippen molar-refractivity contribution in [1.29, 1.82) is 0 Å².